The Morgan fingerprint density at radius 1 is 1.38 bits per heavy atom. The maximum absolute atomic E-state index is 12.1. The molecular weight excluding hydrogens is 312 g/mol. The van der Waals surface area contributed by atoms with Gasteiger partial charge in [0, 0.05) is 0 Å². The summed E-state index contributed by atoms with van der Waals surface area (Å²) in [6, 6.07) is 0. The molecule has 0 amide bonds. The van der Waals surface area contributed by atoms with E-state index in [-0.39, 0.29) is 11.6 Å². The summed E-state index contributed by atoms with van der Waals surface area (Å²) in [6.07, 6.45) is 3.94. The molecule has 0 aromatic rings. The fourth-order valence-electron chi connectivity index (χ4n) is 2.67. The average Bonchev–Trinajstić information content (AvgIpc) is 2.38. The lowest BCUT2D eigenvalue weighted by Crippen LogP contribution is -2.59. The van der Waals surface area contributed by atoms with Crippen LogP contribution in [0.5, 0.6) is 0 Å². The molecule has 0 aromatic carbocycles. The molecule has 0 unspecified atom stereocenters. The maximum Gasteiger partial charge on any atom is 0.322 e. The number of carbonyl (C=O) groups is 1. The van der Waals surface area contributed by atoms with E-state index in [2.05, 4.69) is 16.4 Å². The summed E-state index contributed by atoms with van der Waals surface area (Å²) in [6.45, 7) is 3.89. The van der Waals surface area contributed by atoms with Crippen molar-refractivity contribution < 1.29 is 17.9 Å². The van der Waals surface area contributed by atoms with Gasteiger partial charge in [-0.15, -0.1) is 0 Å². The zero-order valence-electron chi connectivity index (χ0n) is 12.6. The Morgan fingerprint density at radius 3 is 2.38 bits per heavy atom. The number of sulfonamides is 1. The second-order valence-corrected chi connectivity index (χ2v) is 7.63. The van der Waals surface area contributed by atoms with Crippen molar-refractivity contribution in [2.24, 2.45) is 11.7 Å². The standard InChI is InChI=1S/C13H24N2O4S2/c1-3-10-5-7-13(8-6-10,12(14)20)15-21(17,18)9-11(16)19-4-2/h10,15H,3-9H2,1-2H3,(H2,14,20). The predicted molar refractivity (Wildman–Crippen MR) is 85.3 cm³/mol. The van der Waals surface area contributed by atoms with Gasteiger partial charge in [0.2, 0.25) is 10.0 Å². The molecular formula is C13H24N2O4S2. The van der Waals surface area contributed by atoms with E-state index in [1.807, 2.05) is 0 Å². The fraction of sp³-hybridized carbons (Fsp3) is 0.846. The minimum Gasteiger partial charge on any atom is -0.465 e. The number of rotatable bonds is 7. The van der Waals surface area contributed by atoms with Crippen LogP contribution in [0.1, 0.15) is 46.0 Å². The van der Waals surface area contributed by atoms with Crippen LogP contribution in [0.4, 0.5) is 0 Å². The van der Waals surface area contributed by atoms with E-state index < -0.39 is 27.3 Å². The van der Waals surface area contributed by atoms with E-state index in [1.54, 1.807) is 6.92 Å². The molecule has 0 aliphatic heterocycles. The van der Waals surface area contributed by atoms with Crippen LogP contribution in [-0.4, -0.2) is 37.3 Å². The second-order valence-electron chi connectivity index (χ2n) is 5.46. The second kappa shape index (κ2) is 7.51. The van der Waals surface area contributed by atoms with Crippen molar-refractivity contribution in [3.63, 3.8) is 0 Å². The van der Waals surface area contributed by atoms with Gasteiger partial charge in [0.15, 0.2) is 5.75 Å². The molecule has 0 aromatic heterocycles. The lowest BCUT2D eigenvalue weighted by molar-refractivity contribution is -0.139. The molecule has 1 saturated carbocycles. The van der Waals surface area contributed by atoms with Gasteiger partial charge in [0.1, 0.15) is 0 Å². The van der Waals surface area contributed by atoms with Gasteiger partial charge in [0.05, 0.1) is 17.1 Å². The van der Waals surface area contributed by atoms with Crippen LogP contribution in [0.25, 0.3) is 0 Å². The average molecular weight is 336 g/mol. The van der Waals surface area contributed by atoms with Crippen LogP contribution in [0, 0.1) is 5.92 Å². The maximum atomic E-state index is 12.1. The highest BCUT2D eigenvalue weighted by molar-refractivity contribution is 7.90. The van der Waals surface area contributed by atoms with Crippen LogP contribution in [0.2, 0.25) is 0 Å². The van der Waals surface area contributed by atoms with Gasteiger partial charge in [-0.3, -0.25) is 4.79 Å². The topological polar surface area (TPSA) is 98.5 Å². The summed E-state index contributed by atoms with van der Waals surface area (Å²) >= 11 is 5.07. The number of thiocarbonyl (C=S) groups is 1. The molecule has 0 radical (unpaired) electrons. The van der Waals surface area contributed by atoms with Crippen molar-refractivity contribution in [1.82, 2.24) is 4.72 Å². The predicted octanol–water partition coefficient (Wildman–Crippen LogP) is 1.09. The lowest BCUT2D eigenvalue weighted by atomic mass is 9.76. The van der Waals surface area contributed by atoms with Crippen LogP contribution in [0.3, 0.4) is 0 Å². The van der Waals surface area contributed by atoms with E-state index >= 15 is 0 Å². The van der Waals surface area contributed by atoms with E-state index in [0.717, 1.165) is 19.3 Å². The van der Waals surface area contributed by atoms with Crippen molar-refractivity contribution in [3.05, 3.63) is 0 Å². The van der Waals surface area contributed by atoms with Gasteiger partial charge >= 0.3 is 5.97 Å². The van der Waals surface area contributed by atoms with E-state index in [0.29, 0.717) is 18.8 Å². The number of esters is 1. The zero-order valence-corrected chi connectivity index (χ0v) is 14.2. The minimum atomic E-state index is -3.82. The van der Waals surface area contributed by atoms with Gasteiger partial charge in [-0.1, -0.05) is 25.6 Å². The first kappa shape index (κ1) is 18.3. The first-order valence-corrected chi connectivity index (χ1v) is 9.28. The fourth-order valence-corrected chi connectivity index (χ4v) is 4.36. The Bertz CT molecular complexity index is 482. The van der Waals surface area contributed by atoms with Crippen LogP contribution in [0.15, 0.2) is 0 Å². The summed E-state index contributed by atoms with van der Waals surface area (Å²) < 4.78 is 31.5. The highest BCUT2D eigenvalue weighted by Crippen LogP contribution is 2.34. The SMILES string of the molecule is CCOC(=O)CS(=O)(=O)NC1(C(N)=S)CCC(CC)CC1. The quantitative estimate of drug-likeness (QED) is 0.533. The number of nitrogens with two attached hydrogens (primary N) is 1. The zero-order chi connectivity index (χ0) is 16.1. The minimum absolute atomic E-state index is 0.143. The van der Waals surface area contributed by atoms with Crippen LogP contribution < -0.4 is 10.5 Å². The summed E-state index contributed by atoms with van der Waals surface area (Å²) in [7, 11) is -3.82. The third-order valence-electron chi connectivity index (χ3n) is 3.97. The largest absolute Gasteiger partial charge is 0.465 e. The molecule has 6 nitrogen and oxygen atoms in total. The Hall–Kier alpha value is -0.730. The number of nitrogens with one attached hydrogen (secondary N) is 1. The summed E-state index contributed by atoms with van der Waals surface area (Å²) in [5, 5.41) is 0. The summed E-state index contributed by atoms with van der Waals surface area (Å²) in [4.78, 5) is 11.5. The molecule has 0 spiro atoms. The van der Waals surface area contributed by atoms with E-state index in [9.17, 15) is 13.2 Å². The summed E-state index contributed by atoms with van der Waals surface area (Å²) in [5.41, 5.74) is 4.86. The molecule has 0 saturated heterocycles. The lowest BCUT2D eigenvalue weighted by Gasteiger charge is -2.39. The van der Waals surface area contributed by atoms with E-state index in [1.165, 1.54) is 0 Å². The first-order chi connectivity index (χ1) is 9.74. The molecule has 122 valence electrons. The number of hydrogen-bond donors (Lipinski definition) is 2. The molecule has 0 heterocycles. The molecule has 3 N–H and O–H groups in total. The third kappa shape index (κ3) is 5.19. The smallest absolute Gasteiger partial charge is 0.322 e. The number of carbonyl (C=O) groups excluding carboxylic acids is 1. The molecule has 1 aliphatic rings. The molecule has 1 aliphatic carbocycles. The Morgan fingerprint density at radius 2 is 1.95 bits per heavy atom. The van der Waals surface area contributed by atoms with Gasteiger partial charge in [0.25, 0.3) is 0 Å². The van der Waals surface area contributed by atoms with Gasteiger partial charge < -0.3 is 10.5 Å². The summed E-state index contributed by atoms with van der Waals surface area (Å²) in [5.74, 6) is -0.907. The van der Waals surface area contributed by atoms with Crippen molar-refractivity contribution in [3.8, 4) is 0 Å². The molecule has 8 heteroatoms. The molecule has 21 heavy (non-hydrogen) atoms. The highest BCUT2D eigenvalue weighted by Gasteiger charge is 2.41. The Labute approximate surface area is 131 Å². The van der Waals surface area contributed by atoms with Crippen molar-refractivity contribution in [1.29, 1.82) is 0 Å². The Balaban J connectivity index is 2.79. The normalized spacial score (nSPS) is 26.3. The first-order valence-electron chi connectivity index (χ1n) is 7.22. The van der Waals surface area contributed by atoms with Crippen LogP contribution >= 0.6 is 12.2 Å². The van der Waals surface area contributed by atoms with E-state index in [4.69, 9.17) is 18.0 Å². The highest BCUT2D eigenvalue weighted by atomic mass is 32.2. The Kier molecular flexibility index (Phi) is 6.55. The van der Waals surface area contributed by atoms with Crippen molar-refractivity contribution in [2.45, 2.75) is 51.5 Å². The van der Waals surface area contributed by atoms with Gasteiger partial charge in [-0.2, -0.15) is 0 Å². The van der Waals surface area contributed by atoms with Crippen LogP contribution in [-0.2, 0) is 19.6 Å². The van der Waals surface area contributed by atoms with Crippen molar-refractivity contribution >= 4 is 33.2 Å². The molecule has 1 fully saturated rings. The third-order valence-corrected chi connectivity index (χ3v) is 5.68. The number of hydrogen-bond acceptors (Lipinski definition) is 5. The number of ether oxygens (including phenoxy) is 1. The molecule has 0 bridgehead atoms. The molecule has 1 rings (SSSR count). The monoisotopic (exact) mass is 336 g/mol. The van der Waals surface area contributed by atoms with Gasteiger partial charge in [-0.05, 0) is 38.5 Å². The van der Waals surface area contributed by atoms with Crippen molar-refractivity contribution in [2.75, 3.05) is 12.4 Å². The molecule has 0 atom stereocenters. The van der Waals surface area contributed by atoms with Gasteiger partial charge in [-0.25, -0.2) is 13.1 Å².